The molecule has 0 aliphatic carbocycles. The Morgan fingerprint density at radius 3 is 2.71 bits per heavy atom. The molecule has 3 rings (SSSR count). The minimum absolute atomic E-state index is 0.113. The van der Waals surface area contributed by atoms with E-state index in [1.165, 1.54) is 11.1 Å². The zero-order chi connectivity index (χ0) is 15.0. The zero-order valence-corrected chi connectivity index (χ0v) is 13.4. The van der Waals surface area contributed by atoms with Gasteiger partial charge in [-0.3, -0.25) is 0 Å². The van der Waals surface area contributed by atoms with Gasteiger partial charge in [0, 0.05) is 34.0 Å². The third-order valence-corrected chi connectivity index (χ3v) is 4.45. The van der Waals surface area contributed by atoms with Crippen molar-refractivity contribution in [3.8, 4) is 0 Å². The molecule has 1 N–H and O–H groups in total. The number of hydrogen-bond acceptors (Lipinski definition) is 2. The van der Waals surface area contributed by atoms with Crippen LogP contribution in [0.2, 0.25) is 5.02 Å². The van der Waals surface area contributed by atoms with Crippen LogP contribution in [0.1, 0.15) is 37.5 Å². The molecule has 2 aromatic rings. The third kappa shape index (κ3) is 2.43. The molecule has 1 heterocycles. The summed E-state index contributed by atoms with van der Waals surface area (Å²) < 4.78 is 5.50. The van der Waals surface area contributed by atoms with E-state index in [1.807, 2.05) is 19.1 Å². The zero-order valence-electron chi connectivity index (χ0n) is 12.7. The maximum atomic E-state index is 6.43. The van der Waals surface area contributed by atoms with Crippen molar-refractivity contribution in [1.82, 2.24) is 0 Å². The van der Waals surface area contributed by atoms with Crippen molar-refractivity contribution in [2.24, 2.45) is 0 Å². The smallest absolute Gasteiger partial charge is 0.0717 e. The highest BCUT2D eigenvalue weighted by Gasteiger charge is 2.34. The second-order valence-corrected chi connectivity index (χ2v) is 6.34. The van der Waals surface area contributed by atoms with Crippen LogP contribution in [0.15, 0.2) is 36.4 Å². The van der Waals surface area contributed by atoms with Crippen LogP contribution in [-0.2, 0) is 16.8 Å². The average Bonchev–Trinajstić information content (AvgIpc) is 2.44. The maximum Gasteiger partial charge on any atom is 0.0717 e. The summed E-state index contributed by atoms with van der Waals surface area (Å²) in [6.07, 6.45) is 0. The summed E-state index contributed by atoms with van der Waals surface area (Å²) in [5.41, 5.74) is 5.74. The summed E-state index contributed by atoms with van der Waals surface area (Å²) in [5.74, 6) is 0. The summed E-state index contributed by atoms with van der Waals surface area (Å²) >= 11 is 6.43. The van der Waals surface area contributed by atoms with E-state index in [4.69, 9.17) is 16.3 Å². The molecule has 21 heavy (non-hydrogen) atoms. The SMILES string of the molecule is CCOCc1ccc2c(c1)Nc1cccc(Cl)c1C2(C)C. The molecular formula is C18H20ClNO. The Morgan fingerprint density at radius 2 is 1.95 bits per heavy atom. The lowest BCUT2D eigenvalue weighted by atomic mass is 9.74. The van der Waals surface area contributed by atoms with Gasteiger partial charge in [0.15, 0.2) is 0 Å². The summed E-state index contributed by atoms with van der Waals surface area (Å²) in [6.45, 7) is 7.83. The van der Waals surface area contributed by atoms with Crippen LogP contribution in [0.4, 0.5) is 11.4 Å². The van der Waals surface area contributed by atoms with E-state index in [0.29, 0.717) is 6.61 Å². The number of halogens is 1. The Bertz CT molecular complexity index is 679. The van der Waals surface area contributed by atoms with Crippen molar-refractivity contribution in [3.05, 3.63) is 58.1 Å². The minimum Gasteiger partial charge on any atom is -0.377 e. The minimum atomic E-state index is -0.113. The first-order valence-electron chi connectivity index (χ1n) is 7.31. The Labute approximate surface area is 131 Å². The molecule has 0 amide bonds. The number of hydrogen-bond donors (Lipinski definition) is 1. The van der Waals surface area contributed by atoms with Crippen LogP contribution in [-0.4, -0.2) is 6.61 Å². The van der Waals surface area contributed by atoms with E-state index in [2.05, 4.69) is 43.4 Å². The second-order valence-electron chi connectivity index (χ2n) is 5.93. The van der Waals surface area contributed by atoms with Crippen LogP contribution in [0.5, 0.6) is 0 Å². The molecule has 0 bridgehead atoms. The van der Waals surface area contributed by atoms with E-state index < -0.39 is 0 Å². The quantitative estimate of drug-likeness (QED) is 0.835. The highest BCUT2D eigenvalue weighted by molar-refractivity contribution is 6.32. The molecule has 0 fully saturated rings. The third-order valence-electron chi connectivity index (χ3n) is 4.14. The lowest BCUT2D eigenvalue weighted by molar-refractivity contribution is 0.134. The first-order valence-corrected chi connectivity index (χ1v) is 7.69. The number of ether oxygens (including phenoxy) is 1. The van der Waals surface area contributed by atoms with E-state index in [9.17, 15) is 0 Å². The van der Waals surface area contributed by atoms with Crippen molar-refractivity contribution in [1.29, 1.82) is 0 Å². The summed E-state index contributed by atoms with van der Waals surface area (Å²) in [4.78, 5) is 0. The van der Waals surface area contributed by atoms with Gasteiger partial charge in [0.2, 0.25) is 0 Å². The fraction of sp³-hybridized carbons (Fsp3) is 0.333. The van der Waals surface area contributed by atoms with Crippen LogP contribution in [0.25, 0.3) is 0 Å². The Morgan fingerprint density at radius 1 is 1.14 bits per heavy atom. The number of anilines is 2. The molecule has 0 atom stereocenters. The summed E-state index contributed by atoms with van der Waals surface area (Å²) in [7, 11) is 0. The Hall–Kier alpha value is -1.51. The highest BCUT2D eigenvalue weighted by Crippen LogP contribution is 2.48. The number of fused-ring (bicyclic) bond motifs is 2. The number of rotatable bonds is 3. The van der Waals surface area contributed by atoms with Crippen LogP contribution in [0.3, 0.4) is 0 Å². The molecule has 3 heteroatoms. The molecule has 0 aromatic heterocycles. The molecule has 0 unspecified atom stereocenters. The molecule has 2 nitrogen and oxygen atoms in total. The largest absolute Gasteiger partial charge is 0.377 e. The monoisotopic (exact) mass is 301 g/mol. The normalized spacial score (nSPS) is 15.0. The van der Waals surface area contributed by atoms with Crippen LogP contribution in [0, 0.1) is 0 Å². The molecule has 1 aliphatic heterocycles. The van der Waals surface area contributed by atoms with E-state index in [-0.39, 0.29) is 5.41 Å². The van der Waals surface area contributed by atoms with Gasteiger partial charge in [0.05, 0.1) is 6.61 Å². The van der Waals surface area contributed by atoms with Crippen LogP contribution < -0.4 is 5.32 Å². The Balaban J connectivity index is 2.07. The van der Waals surface area contributed by atoms with E-state index in [0.717, 1.165) is 28.6 Å². The lowest BCUT2D eigenvalue weighted by Crippen LogP contribution is -2.26. The summed E-state index contributed by atoms with van der Waals surface area (Å²) in [5, 5.41) is 4.33. The van der Waals surface area contributed by atoms with Gasteiger partial charge in [-0.1, -0.05) is 43.6 Å². The average molecular weight is 302 g/mol. The number of benzene rings is 2. The van der Waals surface area contributed by atoms with Crippen molar-refractivity contribution < 1.29 is 4.74 Å². The van der Waals surface area contributed by atoms with Crippen molar-refractivity contribution in [2.45, 2.75) is 32.8 Å². The molecule has 1 aliphatic rings. The van der Waals surface area contributed by atoms with E-state index >= 15 is 0 Å². The van der Waals surface area contributed by atoms with Gasteiger partial charge in [-0.05, 0) is 36.2 Å². The molecule has 2 aromatic carbocycles. The molecule has 0 radical (unpaired) electrons. The lowest BCUT2D eigenvalue weighted by Gasteiger charge is -2.36. The van der Waals surface area contributed by atoms with Gasteiger partial charge >= 0.3 is 0 Å². The van der Waals surface area contributed by atoms with Crippen molar-refractivity contribution >= 4 is 23.0 Å². The topological polar surface area (TPSA) is 21.3 Å². The van der Waals surface area contributed by atoms with Crippen LogP contribution >= 0.6 is 11.6 Å². The molecule has 0 saturated heterocycles. The molecular weight excluding hydrogens is 282 g/mol. The van der Waals surface area contributed by atoms with E-state index in [1.54, 1.807) is 0 Å². The summed E-state index contributed by atoms with van der Waals surface area (Å²) in [6, 6.07) is 12.5. The van der Waals surface area contributed by atoms with Crippen molar-refractivity contribution in [3.63, 3.8) is 0 Å². The standard InChI is InChI=1S/C18H20ClNO/c1-4-21-11-12-8-9-13-16(10-12)20-15-7-5-6-14(19)17(15)18(13,2)3/h5-10,20H,4,11H2,1-3H3. The van der Waals surface area contributed by atoms with Gasteiger partial charge in [-0.2, -0.15) is 0 Å². The fourth-order valence-corrected chi connectivity index (χ4v) is 3.50. The Kier molecular flexibility index (Phi) is 3.68. The van der Waals surface area contributed by atoms with Gasteiger partial charge in [0.25, 0.3) is 0 Å². The van der Waals surface area contributed by atoms with Gasteiger partial charge in [0.1, 0.15) is 0 Å². The predicted molar refractivity (Wildman–Crippen MR) is 88.6 cm³/mol. The highest BCUT2D eigenvalue weighted by atomic mass is 35.5. The molecule has 0 saturated carbocycles. The molecule has 110 valence electrons. The maximum absolute atomic E-state index is 6.43. The second kappa shape index (κ2) is 5.36. The first-order chi connectivity index (χ1) is 10.0. The van der Waals surface area contributed by atoms with Gasteiger partial charge in [-0.25, -0.2) is 0 Å². The first kappa shape index (κ1) is 14.4. The van der Waals surface area contributed by atoms with Gasteiger partial charge in [-0.15, -0.1) is 0 Å². The molecule has 0 spiro atoms. The fourth-order valence-electron chi connectivity index (χ4n) is 3.09. The van der Waals surface area contributed by atoms with Crippen molar-refractivity contribution in [2.75, 3.05) is 11.9 Å². The van der Waals surface area contributed by atoms with Gasteiger partial charge < -0.3 is 10.1 Å². The predicted octanol–water partition coefficient (Wildman–Crippen LogP) is 5.26. The number of nitrogens with one attached hydrogen (secondary N) is 1.